The predicted octanol–water partition coefficient (Wildman–Crippen LogP) is 4.77. The summed E-state index contributed by atoms with van der Waals surface area (Å²) in [6.45, 7) is 1.35. The molecule has 0 fully saturated rings. The molecule has 9 heteroatoms. The van der Waals surface area contributed by atoms with Crippen LogP contribution in [0.15, 0.2) is 59.4 Å². The van der Waals surface area contributed by atoms with Crippen molar-refractivity contribution in [2.45, 2.75) is 19.3 Å². The number of hydrogen-bond acceptors (Lipinski definition) is 4. The number of nitrogens with zero attached hydrogens (tertiary/aromatic N) is 2. The van der Waals surface area contributed by atoms with Crippen molar-refractivity contribution >= 4 is 34.1 Å². The minimum atomic E-state index is -1.35. The molecule has 1 aromatic heterocycles. The number of anilines is 1. The Morgan fingerprint density at radius 1 is 1.20 bits per heavy atom. The first-order chi connectivity index (χ1) is 16.7. The smallest absolute Gasteiger partial charge is 0.280 e. The lowest BCUT2D eigenvalue weighted by molar-refractivity contribution is 0.0995. The Balaban J connectivity index is 2.05. The molecule has 4 rings (SSSR count). The summed E-state index contributed by atoms with van der Waals surface area (Å²) in [6.07, 6.45) is 5.59. The molecule has 0 radical (unpaired) electrons. The minimum absolute atomic E-state index is 0.0426. The maximum atomic E-state index is 14.8. The van der Waals surface area contributed by atoms with Crippen LogP contribution in [0.5, 0.6) is 0 Å². The molecule has 0 aliphatic carbocycles. The van der Waals surface area contributed by atoms with Crippen LogP contribution < -0.4 is 16.7 Å². The predicted molar refractivity (Wildman–Crippen MR) is 131 cm³/mol. The number of hydrogen-bond donors (Lipinski definition) is 2. The molecule has 0 aliphatic rings. The molecule has 3 aromatic carbocycles. The molecule has 176 valence electrons. The van der Waals surface area contributed by atoms with E-state index >= 15 is 0 Å². The van der Waals surface area contributed by atoms with Crippen LogP contribution in [0, 0.1) is 30.9 Å². The van der Waals surface area contributed by atoms with Crippen LogP contribution in [0.25, 0.3) is 10.9 Å². The van der Waals surface area contributed by atoms with Crippen LogP contribution in [0.1, 0.15) is 39.6 Å². The fourth-order valence-corrected chi connectivity index (χ4v) is 4.06. The van der Waals surface area contributed by atoms with Gasteiger partial charge >= 0.3 is 0 Å². The van der Waals surface area contributed by atoms with Gasteiger partial charge in [0, 0.05) is 11.4 Å². The molecule has 4 aromatic rings. The second kappa shape index (κ2) is 9.57. The van der Waals surface area contributed by atoms with E-state index in [9.17, 15) is 18.4 Å². The van der Waals surface area contributed by atoms with Crippen molar-refractivity contribution in [3.8, 4) is 12.3 Å². The number of fused-ring (bicyclic) bond motifs is 1. The zero-order chi connectivity index (χ0) is 25.3. The summed E-state index contributed by atoms with van der Waals surface area (Å²) in [5.74, 6) is -2.00. The zero-order valence-corrected chi connectivity index (χ0v) is 19.2. The van der Waals surface area contributed by atoms with Gasteiger partial charge in [0.15, 0.2) is 11.6 Å². The van der Waals surface area contributed by atoms with Crippen molar-refractivity contribution in [3.63, 3.8) is 0 Å². The molecule has 0 saturated carbocycles. The van der Waals surface area contributed by atoms with E-state index in [1.807, 2.05) is 6.07 Å². The largest absolute Gasteiger partial charge is 0.366 e. The van der Waals surface area contributed by atoms with E-state index in [1.165, 1.54) is 17.7 Å². The van der Waals surface area contributed by atoms with E-state index in [1.54, 1.807) is 36.4 Å². The van der Waals surface area contributed by atoms with Crippen molar-refractivity contribution in [2.24, 2.45) is 5.73 Å². The topological polar surface area (TPSA) is 90.0 Å². The maximum Gasteiger partial charge on any atom is 0.280 e. The van der Waals surface area contributed by atoms with Crippen LogP contribution >= 0.6 is 11.6 Å². The molecular formula is C26H19ClF2N4O2. The summed E-state index contributed by atoms with van der Waals surface area (Å²) in [5, 5.41) is 0.638. The number of amides is 1. The molecule has 6 nitrogen and oxygen atoms in total. The second-order valence-electron chi connectivity index (χ2n) is 7.84. The Kier molecular flexibility index (Phi) is 6.54. The van der Waals surface area contributed by atoms with Gasteiger partial charge in [-0.15, -0.1) is 12.3 Å². The van der Waals surface area contributed by atoms with E-state index in [0.29, 0.717) is 16.2 Å². The third-order valence-electron chi connectivity index (χ3n) is 5.64. The average molecular weight is 493 g/mol. The number of halogens is 3. The SMILES string of the molecule is C#CC[C@H](c1cc(C(N)=O)c(F)c(F)c1C)c1nc2cc(Cl)ccc2c(=O)n1Nc1ccccc1. The number of primary amides is 1. The van der Waals surface area contributed by atoms with Crippen LogP contribution in [-0.2, 0) is 0 Å². The highest BCUT2D eigenvalue weighted by atomic mass is 35.5. The number of carbonyl (C=O) groups is 1. The lowest BCUT2D eigenvalue weighted by Crippen LogP contribution is -2.32. The highest BCUT2D eigenvalue weighted by Gasteiger charge is 2.28. The van der Waals surface area contributed by atoms with Crippen LogP contribution in [0.3, 0.4) is 0 Å². The Morgan fingerprint density at radius 3 is 2.57 bits per heavy atom. The van der Waals surface area contributed by atoms with E-state index in [4.69, 9.17) is 23.8 Å². The number of carbonyl (C=O) groups excluding carboxylic acids is 1. The van der Waals surface area contributed by atoms with Gasteiger partial charge in [-0.1, -0.05) is 29.8 Å². The van der Waals surface area contributed by atoms with Gasteiger partial charge in [-0.25, -0.2) is 18.4 Å². The first-order valence-electron chi connectivity index (χ1n) is 10.5. The van der Waals surface area contributed by atoms with Crippen molar-refractivity contribution < 1.29 is 13.6 Å². The molecule has 0 saturated heterocycles. The lowest BCUT2D eigenvalue weighted by Gasteiger charge is -2.23. The Hall–Kier alpha value is -4.22. The third-order valence-corrected chi connectivity index (χ3v) is 5.87. The quantitative estimate of drug-likeness (QED) is 0.379. The third kappa shape index (κ3) is 4.46. The summed E-state index contributed by atoms with van der Waals surface area (Å²) in [5.41, 5.74) is 8.17. The molecule has 1 amide bonds. The molecule has 0 unspecified atom stereocenters. The van der Waals surface area contributed by atoms with Gasteiger partial charge in [-0.2, -0.15) is 0 Å². The average Bonchev–Trinajstić information content (AvgIpc) is 2.83. The van der Waals surface area contributed by atoms with Crippen molar-refractivity contribution in [1.29, 1.82) is 0 Å². The second-order valence-corrected chi connectivity index (χ2v) is 8.28. The van der Waals surface area contributed by atoms with Crippen molar-refractivity contribution in [3.05, 3.63) is 104 Å². The van der Waals surface area contributed by atoms with Gasteiger partial charge in [0.2, 0.25) is 0 Å². The fraction of sp³-hybridized carbons (Fsp3) is 0.115. The summed E-state index contributed by atoms with van der Waals surface area (Å²) >= 11 is 6.13. The summed E-state index contributed by atoms with van der Waals surface area (Å²) in [6, 6.07) is 14.6. The Morgan fingerprint density at radius 2 is 1.91 bits per heavy atom. The standard InChI is InChI=1S/C26H19ClF2N4O2/c1-3-7-17(19-13-20(24(30)34)23(29)22(28)14(19)2)25-31-21-12-15(27)10-11-18(21)26(35)33(25)32-16-8-5-4-6-9-16/h1,4-6,8-13,17,32H,7H2,2H3,(H2,30,34)/t17-/m1/s1. The summed E-state index contributed by atoms with van der Waals surface area (Å²) in [7, 11) is 0. The van der Waals surface area contributed by atoms with Crippen LogP contribution in [0.2, 0.25) is 5.02 Å². The molecular weight excluding hydrogens is 474 g/mol. The number of rotatable bonds is 6. The zero-order valence-electron chi connectivity index (χ0n) is 18.5. The molecule has 35 heavy (non-hydrogen) atoms. The monoisotopic (exact) mass is 492 g/mol. The number of nitrogens with two attached hydrogens (primary N) is 1. The fourth-order valence-electron chi connectivity index (χ4n) is 3.90. The van der Waals surface area contributed by atoms with Gasteiger partial charge in [-0.3, -0.25) is 15.0 Å². The first kappa shape index (κ1) is 23.9. The van der Waals surface area contributed by atoms with Crippen LogP contribution in [0.4, 0.5) is 14.5 Å². The van der Waals surface area contributed by atoms with Crippen molar-refractivity contribution in [1.82, 2.24) is 9.66 Å². The van der Waals surface area contributed by atoms with E-state index in [0.717, 1.165) is 6.07 Å². The van der Waals surface area contributed by atoms with Crippen molar-refractivity contribution in [2.75, 3.05) is 5.43 Å². The molecule has 0 aliphatic heterocycles. The lowest BCUT2D eigenvalue weighted by atomic mass is 9.89. The highest BCUT2D eigenvalue weighted by Crippen LogP contribution is 2.33. The molecule has 1 atom stereocenters. The maximum absolute atomic E-state index is 14.8. The van der Waals surface area contributed by atoms with Gasteiger partial charge in [-0.05, 0) is 54.4 Å². The van der Waals surface area contributed by atoms with E-state index < -0.39 is 34.6 Å². The molecule has 0 spiro atoms. The van der Waals surface area contributed by atoms with Gasteiger partial charge in [0.1, 0.15) is 5.82 Å². The Labute approximate surface area is 204 Å². The van der Waals surface area contributed by atoms with E-state index in [-0.39, 0.29) is 28.8 Å². The molecule has 1 heterocycles. The molecule has 3 N–H and O–H groups in total. The number of nitrogens with one attached hydrogen (secondary N) is 1. The molecule has 0 bridgehead atoms. The Bertz CT molecular complexity index is 1560. The highest BCUT2D eigenvalue weighted by molar-refractivity contribution is 6.31. The number of aromatic nitrogens is 2. The number of benzene rings is 3. The summed E-state index contributed by atoms with van der Waals surface area (Å²) in [4.78, 5) is 30.0. The number of terminal acetylenes is 1. The first-order valence-corrected chi connectivity index (χ1v) is 10.9. The van der Waals surface area contributed by atoms with E-state index in [2.05, 4.69) is 16.3 Å². The summed E-state index contributed by atoms with van der Waals surface area (Å²) < 4.78 is 30.4. The normalized spacial score (nSPS) is 11.7. The van der Waals surface area contributed by atoms with Gasteiger partial charge < -0.3 is 5.73 Å². The number of para-hydroxylation sites is 1. The van der Waals surface area contributed by atoms with Crippen LogP contribution in [-0.4, -0.2) is 15.6 Å². The minimum Gasteiger partial charge on any atom is -0.366 e. The van der Waals surface area contributed by atoms with Gasteiger partial charge in [0.25, 0.3) is 11.5 Å². The van der Waals surface area contributed by atoms with Gasteiger partial charge in [0.05, 0.1) is 28.1 Å².